The van der Waals surface area contributed by atoms with E-state index in [4.69, 9.17) is 5.73 Å². The van der Waals surface area contributed by atoms with Crippen LogP contribution in [0, 0.1) is 6.92 Å². The van der Waals surface area contributed by atoms with Gasteiger partial charge >= 0.3 is 0 Å². The molecule has 6 nitrogen and oxygen atoms in total. The van der Waals surface area contributed by atoms with Crippen molar-refractivity contribution < 1.29 is 5.11 Å². The fourth-order valence-electron chi connectivity index (χ4n) is 1.17. The smallest absolute Gasteiger partial charge is 0.220 e. The standard InChI is InChI=1S/C9H11N5O/c1-5-3-11-8(13-7(5)10)6-4-12-14(2)9(6)15/h3-4,15H,1-2H3,(H2,10,11,13). The SMILES string of the molecule is Cc1cnc(-c2cnn(C)c2O)nc1N. The first-order valence-corrected chi connectivity index (χ1v) is 4.40. The second-order valence-corrected chi connectivity index (χ2v) is 3.27. The summed E-state index contributed by atoms with van der Waals surface area (Å²) >= 11 is 0. The predicted molar refractivity (Wildman–Crippen MR) is 55.0 cm³/mol. The van der Waals surface area contributed by atoms with E-state index in [1.165, 1.54) is 10.9 Å². The molecule has 2 aromatic rings. The Labute approximate surface area is 86.4 Å². The van der Waals surface area contributed by atoms with Gasteiger partial charge < -0.3 is 10.8 Å². The average Bonchev–Trinajstić information content (AvgIpc) is 2.53. The molecule has 15 heavy (non-hydrogen) atoms. The first kappa shape index (κ1) is 9.45. The van der Waals surface area contributed by atoms with Gasteiger partial charge in [-0.1, -0.05) is 0 Å². The van der Waals surface area contributed by atoms with Crippen LogP contribution in [0.2, 0.25) is 0 Å². The molecule has 0 saturated heterocycles. The predicted octanol–water partition coefficient (Wildman–Crippen LogP) is 0.473. The molecule has 78 valence electrons. The second-order valence-electron chi connectivity index (χ2n) is 3.27. The molecule has 2 heterocycles. The Hall–Kier alpha value is -2.11. The van der Waals surface area contributed by atoms with E-state index in [2.05, 4.69) is 15.1 Å². The quantitative estimate of drug-likeness (QED) is 0.706. The summed E-state index contributed by atoms with van der Waals surface area (Å²) in [6.45, 7) is 1.82. The number of aromatic hydroxyl groups is 1. The van der Waals surface area contributed by atoms with Crippen molar-refractivity contribution in [2.75, 3.05) is 5.73 Å². The summed E-state index contributed by atoms with van der Waals surface area (Å²) in [6.07, 6.45) is 3.11. The maximum Gasteiger partial charge on any atom is 0.220 e. The van der Waals surface area contributed by atoms with E-state index in [0.717, 1.165) is 5.56 Å². The Bertz CT molecular complexity index is 505. The first-order chi connectivity index (χ1) is 7.09. The minimum atomic E-state index is 0.0262. The maximum absolute atomic E-state index is 9.63. The van der Waals surface area contributed by atoms with Crippen LogP contribution in [0.5, 0.6) is 5.88 Å². The van der Waals surface area contributed by atoms with Crippen LogP contribution >= 0.6 is 0 Å². The minimum Gasteiger partial charge on any atom is -0.493 e. The number of aryl methyl sites for hydroxylation is 2. The van der Waals surface area contributed by atoms with Gasteiger partial charge in [-0.15, -0.1) is 0 Å². The Morgan fingerprint density at radius 2 is 2.13 bits per heavy atom. The summed E-state index contributed by atoms with van der Waals surface area (Å²) in [5, 5.41) is 13.5. The van der Waals surface area contributed by atoms with E-state index >= 15 is 0 Å². The lowest BCUT2D eigenvalue weighted by Gasteiger charge is -2.01. The van der Waals surface area contributed by atoms with Crippen LogP contribution in [-0.4, -0.2) is 24.9 Å². The molecule has 2 rings (SSSR count). The largest absolute Gasteiger partial charge is 0.493 e. The molecule has 0 unspecified atom stereocenters. The van der Waals surface area contributed by atoms with Gasteiger partial charge in [0.1, 0.15) is 11.4 Å². The molecule has 0 atom stereocenters. The van der Waals surface area contributed by atoms with E-state index < -0.39 is 0 Å². The lowest BCUT2D eigenvalue weighted by atomic mass is 10.3. The van der Waals surface area contributed by atoms with Crippen molar-refractivity contribution in [1.82, 2.24) is 19.7 Å². The van der Waals surface area contributed by atoms with Crippen LogP contribution in [0.25, 0.3) is 11.4 Å². The molecule has 0 radical (unpaired) electrons. The molecule has 0 aromatic carbocycles. The summed E-state index contributed by atoms with van der Waals surface area (Å²) in [4.78, 5) is 8.15. The van der Waals surface area contributed by atoms with Crippen molar-refractivity contribution >= 4 is 5.82 Å². The van der Waals surface area contributed by atoms with Gasteiger partial charge in [0, 0.05) is 18.8 Å². The monoisotopic (exact) mass is 205 g/mol. The molecule has 3 N–H and O–H groups in total. The highest BCUT2D eigenvalue weighted by molar-refractivity contribution is 5.61. The summed E-state index contributed by atoms with van der Waals surface area (Å²) < 4.78 is 1.34. The van der Waals surface area contributed by atoms with Crippen LogP contribution in [0.15, 0.2) is 12.4 Å². The molecule has 2 aromatic heterocycles. The normalized spacial score (nSPS) is 10.5. The third-order valence-corrected chi connectivity index (χ3v) is 2.16. The molecule has 0 amide bonds. The Morgan fingerprint density at radius 1 is 1.40 bits per heavy atom. The van der Waals surface area contributed by atoms with E-state index in [-0.39, 0.29) is 5.88 Å². The Morgan fingerprint density at radius 3 is 2.67 bits per heavy atom. The number of nitrogen functional groups attached to an aromatic ring is 1. The topological polar surface area (TPSA) is 89.8 Å². The highest BCUT2D eigenvalue weighted by Crippen LogP contribution is 2.25. The van der Waals surface area contributed by atoms with Crippen molar-refractivity contribution in [2.24, 2.45) is 7.05 Å². The van der Waals surface area contributed by atoms with Gasteiger partial charge in [-0.2, -0.15) is 5.10 Å². The number of anilines is 1. The molecular weight excluding hydrogens is 194 g/mol. The van der Waals surface area contributed by atoms with E-state index in [0.29, 0.717) is 17.2 Å². The van der Waals surface area contributed by atoms with E-state index in [1.807, 2.05) is 6.92 Å². The number of hydrogen-bond donors (Lipinski definition) is 2. The lowest BCUT2D eigenvalue weighted by Crippen LogP contribution is -1.98. The maximum atomic E-state index is 9.63. The van der Waals surface area contributed by atoms with Crippen LogP contribution < -0.4 is 5.73 Å². The molecule has 0 spiro atoms. The van der Waals surface area contributed by atoms with Gasteiger partial charge in [-0.25, -0.2) is 14.6 Å². The minimum absolute atomic E-state index is 0.0262. The zero-order valence-corrected chi connectivity index (χ0v) is 8.47. The van der Waals surface area contributed by atoms with Crippen molar-refractivity contribution in [3.63, 3.8) is 0 Å². The van der Waals surface area contributed by atoms with Gasteiger partial charge in [-0.05, 0) is 6.92 Å². The van der Waals surface area contributed by atoms with Gasteiger partial charge in [0.25, 0.3) is 0 Å². The van der Waals surface area contributed by atoms with Gasteiger partial charge in [0.05, 0.1) is 6.20 Å². The zero-order chi connectivity index (χ0) is 11.0. The van der Waals surface area contributed by atoms with Crippen molar-refractivity contribution in [3.8, 4) is 17.3 Å². The second kappa shape index (κ2) is 3.23. The van der Waals surface area contributed by atoms with Crippen LogP contribution in [0.1, 0.15) is 5.56 Å². The number of nitrogens with zero attached hydrogens (tertiary/aromatic N) is 4. The average molecular weight is 205 g/mol. The van der Waals surface area contributed by atoms with Gasteiger partial charge in [0.15, 0.2) is 5.82 Å². The summed E-state index contributed by atoms with van der Waals surface area (Å²) in [5.74, 6) is 0.810. The Kier molecular flexibility index (Phi) is 2.03. The summed E-state index contributed by atoms with van der Waals surface area (Å²) in [5.41, 5.74) is 6.94. The third kappa shape index (κ3) is 1.50. The van der Waals surface area contributed by atoms with Crippen molar-refractivity contribution in [1.29, 1.82) is 0 Å². The number of nitrogens with two attached hydrogens (primary N) is 1. The number of aromatic nitrogens is 4. The molecule has 0 aliphatic heterocycles. The molecule has 0 bridgehead atoms. The van der Waals surface area contributed by atoms with Crippen molar-refractivity contribution in [2.45, 2.75) is 6.92 Å². The van der Waals surface area contributed by atoms with Crippen molar-refractivity contribution in [3.05, 3.63) is 18.0 Å². The van der Waals surface area contributed by atoms with Gasteiger partial charge in [0.2, 0.25) is 5.88 Å². The molecule has 0 fully saturated rings. The third-order valence-electron chi connectivity index (χ3n) is 2.16. The highest BCUT2D eigenvalue weighted by Gasteiger charge is 2.12. The van der Waals surface area contributed by atoms with Gasteiger partial charge in [-0.3, -0.25) is 0 Å². The molecule has 0 aliphatic carbocycles. The summed E-state index contributed by atoms with van der Waals surface area (Å²) in [6, 6.07) is 0. The Balaban J connectivity index is 2.55. The zero-order valence-electron chi connectivity index (χ0n) is 8.47. The fraction of sp³-hybridized carbons (Fsp3) is 0.222. The molecule has 6 heteroatoms. The van der Waals surface area contributed by atoms with Crippen LogP contribution in [0.3, 0.4) is 0 Å². The molecular formula is C9H11N5O. The molecule has 0 saturated carbocycles. The number of hydrogen-bond acceptors (Lipinski definition) is 5. The molecule has 0 aliphatic rings. The number of rotatable bonds is 1. The summed E-state index contributed by atoms with van der Waals surface area (Å²) in [7, 11) is 1.64. The van der Waals surface area contributed by atoms with E-state index in [9.17, 15) is 5.11 Å². The first-order valence-electron chi connectivity index (χ1n) is 4.40. The van der Waals surface area contributed by atoms with E-state index in [1.54, 1.807) is 13.2 Å². The highest BCUT2D eigenvalue weighted by atomic mass is 16.3. The van der Waals surface area contributed by atoms with Crippen LogP contribution in [0.4, 0.5) is 5.82 Å². The lowest BCUT2D eigenvalue weighted by molar-refractivity contribution is 0.420. The fourth-order valence-corrected chi connectivity index (χ4v) is 1.17. The van der Waals surface area contributed by atoms with Crippen LogP contribution in [-0.2, 0) is 7.05 Å².